The standard InChI is InChI=1S/C26H31F2N5O4S/c1-31(2)19-6-5-11-32(16-19)20-12-22(27)26(23(28)13-20)38(34,35)33(25-9-10-29-17-30-25)15-18-7-8-21(36-3)14-24(18)37-4/h7-10,12-14,17,19H,5-6,11,15-16H2,1-4H3. The lowest BCUT2D eigenvalue weighted by atomic mass is 10.0. The molecule has 4 rings (SSSR count). The predicted molar refractivity (Wildman–Crippen MR) is 140 cm³/mol. The maximum atomic E-state index is 15.5. The molecule has 2 aromatic carbocycles. The van der Waals surface area contributed by atoms with E-state index in [0.717, 1.165) is 35.6 Å². The molecule has 1 atom stereocenters. The van der Waals surface area contributed by atoms with Crippen molar-refractivity contribution in [3.05, 3.63) is 66.1 Å². The van der Waals surface area contributed by atoms with E-state index >= 15 is 8.78 Å². The highest BCUT2D eigenvalue weighted by Gasteiger charge is 2.34. The van der Waals surface area contributed by atoms with Crippen molar-refractivity contribution in [1.29, 1.82) is 0 Å². The van der Waals surface area contributed by atoms with Gasteiger partial charge in [0.2, 0.25) is 0 Å². The van der Waals surface area contributed by atoms with E-state index in [9.17, 15) is 8.42 Å². The summed E-state index contributed by atoms with van der Waals surface area (Å²) in [6.07, 6.45) is 4.35. The number of hydrogen-bond donors (Lipinski definition) is 0. The first-order valence-electron chi connectivity index (χ1n) is 12.1. The fourth-order valence-corrected chi connectivity index (χ4v) is 6.05. The van der Waals surface area contributed by atoms with Crippen LogP contribution in [0.25, 0.3) is 0 Å². The van der Waals surface area contributed by atoms with Crippen LogP contribution in [0, 0.1) is 11.6 Å². The van der Waals surface area contributed by atoms with Crippen LogP contribution in [0.15, 0.2) is 53.8 Å². The minimum Gasteiger partial charge on any atom is -0.497 e. The summed E-state index contributed by atoms with van der Waals surface area (Å²) in [5, 5.41) is 0. The summed E-state index contributed by atoms with van der Waals surface area (Å²) in [5.41, 5.74) is 0.742. The molecule has 38 heavy (non-hydrogen) atoms. The molecule has 0 saturated carbocycles. The molecule has 1 aromatic heterocycles. The largest absolute Gasteiger partial charge is 0.497 e. The van der Waals surface area contributed by atoms with E-state index < -0.39 is 26.6 Å². The zero-order chi connectivity index (χ0) is 27.4. The minimum atomic E-state index is -4.75. The lowest BCUT2D eigenvalue weighted by molar-refractivity contribution is 0.258. The molecule has 1 saturated heterocycles. The molecular formula is C26H31F2N5O4S. The third kappa shape index (κ3) is 5.65. The Morgan fingerprint density at radius 3 is 2.42 bits per heavy atom. The topological polar surface area (TPSA) is 88.1 Å². The number of nitrogens with zero attached hydrogens (tertiary/aromatic N) is 5. The number of hydrogen-bond acceptors (Lipinski definition) is 8. The number of piperidine rings is 1. The van der Waals surface area contributed by atoms with Crippen molar-refractivity contribution >= 4 is 21.5 Å². The van der Waals surface area contributed by atoms with Gasteiger partial charge in [0.05, 0.1) is 20.8 Å². The van der Waals surface area contributed by atoms with Crippen LogP contribution in [-0.2, 0) is 16.6 Å². The Hall–Kier alpha value is -3.51. The van der Waals surface area contributed by atoms with Crippen molar-refractivity contribution in [3.63, 3.8) is 0 Å². The molecule has 1 aliphatic heterocycles. The Morgan fingerprint density at radius 1 is 1.08 bits per heavy atom. The fraction of sp³-hybridized carbons (Fsp3) is 0.385. The first-order chi connectivity index (χ1) is 18.1. The predicted octanol–water partition coefficient (Wildman–Crippen LogP) is 3.70. The summed E-state index contributed by atoms with van der Waals surface area (Å²) in [4.78, 5) is 10.8. The summed E-state index contributed by atoms with van der Waals surface area (Å²) in [6.45, 7) is 0.908. The Bertz CT molecular complexity index is 1350. The molecule has 12 heteroatoms. The Balaban J connectivity index is 1.75. The average Bonchev–Trinajstić information content (AvgIpc) is 2.91. The summed E-state index contributed by atoms with van der Waals surface area (Å²) < 4.78 is 70.2. The van der Waals surface area contributed by atoms with E-state index in [1.807, 2.05) is 19.0 Å². The van der Waals surface area contributed by atoms with Gasteiger partial charge >= 0.3 is 0 Å². The lowest BCUT2D eigenvalue weighted by Gasteiger charge is -2.37. The maximum absolute atomic E-state index is 15.5. The molecule has 3 aromatic rings. The molecule has 1 aliphatic rings. The molecule has 0 bridgehead atoms. The number of rotatable bonds is 9. The minimum absolute atomic E-state index is 0.0504. The quantitative estimate of drug-likeness (QED) is 0.401. The molecule has 0 amide bonds. The molecule has 9 nitrogen and oxygen atoms in total. The second kappa shape index (κ2) is 11.5. The van der Waals surface area contributed by atoms with Crippen LogP contribution in [0.5, 0.6) is 11.5 Å². The van der Waals surface area contributed by atoms with E-state index in [4.69, 9.17) is 9.47 Å². The molecule has 0 aliphatic carbocycles. The molecule has 1 fully saturated rings. The van der Waals surface area contributed by atoms with Gasteiger partial charge in [-0.3, -0.25) is 0 Å². The van der Waals surface area contributed by atoms with Gasteiger partial charge in [-0.1, -0.05) is 0 Å². The van der Waals surface area contributed by atoms with Gasteiger partial charge in [0, 0.05) is 48.7 Å². The van der Waals surface area contributed by atoms with Crippen LogP contribution < -0.4 is 18.7 Å². The van der Waals surface area contributed by atoms with Crippen molar-refractivity contribution in [2.24, 2.45) is 0 Å². The molecule has 204 valence electrons. The number of aromatic nitrogens is 2. The summed E-state index contributed by atoms with van der Waals surface area (Å²) >= 11 is 0. The highest BCUT2D eigenvalue weighted by molar-refractivity contribution is 7.92. The van der Waals surface area contributed by atoms with Gasteiger partial charge < -0.3 is 19.3 Å². The lowest BCUT2D eigenvalue weighted by Crippen LogP contribution is -2.45. The van der Waals surface area contributed by atoms with E-state index in [1.165, 1.54) is 26.5 Å². The number of anilines is 2. The first kappa shape index (κ1) is 27.5. The number of halogens is 2. The first-order valence-corrected chi connectivity index (χ1v) is 13.5. The normalized spacial score (nSPS) is 16.0. The molecule has 0 radical (unpaired) electrons. The van der Waals surface area contributed by atoms with Gasteiger partial charge in [0.1, 0.15) is 35.3 Å². The smallest absolute Gasteiger partial charge is 0.271 e. The van der Waals surface area contributed by atoms with Crippen molar-refractivity contribution in [2.75, 3.05) is 50.6 Å². The van der Waals surface area contributed by atoms with Crippen molar-refractivity contribution in [1.82, 2.24) is 14.9 Å². The summed E-state index contributed by atoms with van der Waals surface area (Å²) in [7, 11) is 2.10. The third-order valence-electron chi connectivity index (χ3n) is 6.65. The number of methoxy groups -OCH3 is 2. The highest BCUT2D eigenvalue weighted by atomic mass is 32.2. The average molecular weight is 548 g/mol. The van der Waals surface area contributed by atoms with Crippen LogP contribution in [-0.4, -0.2) is 70.7 Å². The van der Waals surface area contributed by atoms with Gasteiger partial charge in [-0.25, -0.2) is 31.5 Å². The molecule has 1 unspecified atom stereocenters. The Morgan fingerprint density at radius 2 is 1.82 bits per heavy atom. The van der Waals surface area contributed by atoms with E-state index in [2.05, 4.69) is 14.9 Å². The van der Waals surface area contributed by atoms with Crippen LogP contribution in [0.3, 0.4) is 0 Å². The highest BCUT2D eigenvalue weighted by Crippen LogP contribution is 2.34. The molecule has 0 spiro atoms. The number of sulfonamides is 1. The van der Waals surface area contributed by atoms with E-state index in [0.29, 0.717) is 35.8 Å². The van der Waals surface area contributed by atoms with E-state index in [-0.39, 0.29) is 18.4 Å². The molecular weight excluding hydrogens is 516 g/mol. The van der Waals surface area contributed by atoms with Crippen LogP contribution >= 0.6 is 0 Å². The summed E-state index contributed by atoms with van der Waals surface area (Å²) in [6, 6.07) is 8.60. The Labute approximate surface area is 221 Å². The van der Waals surface area contributed by atoms with Gasteiger partial charge in [-0.15, -0.1) is 0 Å². The van der Waals surface area contributed by atoms with Crippen molar-refractivity contribution in [2.45, 2.75) is 30.3 Å². The van der Waals surface area contributed by atoms with Crippen molar-refractivity contribution in [3.8, 4) is 11.5 Å². The molecule has 0 N–H and O–H groups in total. The van der Waals surface area contributed by atoms with Gasteiger partial charge in [0.15, 0.2) is 4.90 Å². The van der Waals surface area contributed by atoms with Crippen LogP contribution in [0.4, 0.5) is 20.3 Å². The summed E-state index contributed by atoms with van der Waals surface area (Å²) in [5.74, 6) is -1.55. The second-order valence-corrected chi connectivity index (χ2v) is 11.0. The number of likely N-dealkylation sites (N-methyl/N-ethyl adjacent to an activating group) is 1. The zero-order valence-electron chi connectivity index (χ0n) is 21.8. The van der Waals surface area contributed by atoms with Gasteiger partial charge in [0.25, 0.3) is 10.0 Å². The van der Waals surface area contributed by atoms with Crippen LogP contribution in [0.2, 0.25) is 0 Å². The SMILES string of the molecule is COc1ccc(CN(c2ccncn2)S(=O)(=O)c2c(F)cc(N3CCCC(N(C)C)C3)cc2F)c(OC)c1. The van der Waals surface area contributed by atoms with Gasteiger partial charge in [-0.2, -0.15) is 0 Å². The zero-order valence-corrected chi connectivity index (χ0v) is 22.6. The third-order valence-corrected chi connectivity index (χ3v) is 8.46. The van der Waals surface area contributed by atoms with Crippen LogP contribution in [0.1, 0.15) is 18.4 Å². The fourth-order valence-electron chi connectivity index (χ4n) is 4.55. The number of ether oxygens (including phenoxy) is 2. The van der Waals surface area contributed by atoms with E-state index in [1.54, 1.807) is 18.2 Å². The monoisotopic (exact) mass is 547 g/mol. The second-order valence-electron chi connectivity index (χ2n) is 9.20. The number of benzene rings is 2. The van der Waals surface area contributed by atoms with Crippen molar-refractivity contribution < 1.29 is 26.7 Å². The maximum Gasteiger partial charge on any atom is 0.271 e. The molecule has 2 heterocycles. The van der Waals surface area contributed by atoms with Gasteiger partial charge in [-0.05, 0) is 51.2 Å². The Kier molecular flexibility index (Phi) is 8.32.